The first-order valence-electron chi connectivity index (χ1n) is 6.59. The van der Waals surface area contributed by atoms with Crippen molar-refractivity contribution >= 4 is 11.8 Å². The highest BCUT2D eigenvalue weighted by Gasteiger charge is 2.24. The second-order valence-corrected chi connectivity index (χ2v) is 5.00. The van der Waals surface area contributed by atoms with Crippen molar-refractivity contribution in [3.63, 3.8) is 0 Å². The Morgan fingerprint density at radius 2 is 1.95 bits per heavy atom. The third-order valence-electron chi connectivity index (χ3n) is 3.22. The molecule has 2 aliphatic heterocycles. The van der Waals surface area contributed by atoms with Crippen molar-refractivity contribution in [2.24, 2.45) is 15.9 Å². The molecule has 0 unspecified atom stereocenters. The van der Waals surface area contributed by atoms with E-state index in [-0.39, 0.29) is 6.04 Å². The molecule has 3 rings (SSSR count). The van der Waals surface area contributed by atoms with Crippen molar-refractivity contribution in [2.45, 2.75) is 19.9 Å². The normalized spacial score (nSPS) is 21.9. The molecular formula is C14H17N3O2. The largest absolute Gasteiger partial charge is 0.474 e. The molecular weight excluding hydrogens is 242 g/mol. The summed E-state index contributed by atoms with van der Waals surface area (Å²) in [6.07, 6.45) is 0. The molecule has 0 N–H and O–H groups in total. The minimum atomic E-state index is 0.223. The zero-order chi connectivity index (χ0) is 13.2. The summed E-state index contributed by atoms with van der Waals surface area (Å²) < 4.78 is 11.1. The van der Waals surface area contributed by atoms with Gasteiger partial charge in [-0.05, 0) is 18.1 Å². The Balaban J connectivity index is 1.86. The Kier molecular flexibility index (Phi) is 3.19. The zero-order valence-electron chi connectivity index (χ0n) is 11.2. The van der Waals surface area contributed by atoms with Crippen molar-refractivity contribution in [2.75, 3.05) is 19.8 Å². The number of ether oxygens (including phenoxy) is 2. The van der Waals surface area contributed by atoms with Crippen LogP contribution in [0.5, 0.6) is 0 Å². The third-order valence-corrected chi connectivity index (χ3v) is 3.22. The van der Waals surface area contributed by atoms with E-state index in [1.54, 1.807) is 0 Å². The first-order valence-corrected chi connectivity index (χ1v) is 6.59. The molecule has 0 aromatic carbocycles. The Hall–Kier alpha value is -1.91. The van der Waals surface area contributed by atoms with Gasteiger partial charge in [0.25, 0.3) is 0 Å². The van der Waals surface area contributed by atoms with Gasteiger partial charge in [0.05, 0.1) is 12.6 Å². The predicted octanol–water partition coefficient (Wildman–Crippen LogP) is 1.66. The minimum Gasteiger partial charge on any atom is -0.474 e. The lowest BCUT2D eigenvalue weighted by atomic mass is 10.1. The fraction of sp³-hybridized carbons (Fsp3) is 0.500. The topological polar surface area (TPSA) is 56.1 Å². The molecule has 0 saturated carbocycles. The number of hydrogen-bond donors (Lipinski definition) is 0. The first kappa shape index (κ1) is 12.1. The molecule has 1 atom stereocenters. The highest BCUT2D eigenvalue weighted by atomic mass is 16.5. The summed E-state index contributed by atoms with van der Waals surface area (Å²) in [5, 5.41) is 0. The van der Waals surface area contributed by atoms with Crippen molar-refractivity contribution < 1.29 is 9.47 Å². The van der Waals surface area contributed by atoms with Crippen molar-refractivity contribution in [3.05, 3.63) is 29.6 Å². The van der Waals surface area contributed by atoms with Crippen LogP contribution in [0.4, 0.5) is 0 Å². The number of aromatic nitrogens is 1. The maximum Gasteiger partial charge on any atom is 0.235 e. The fourth-order valence-corrected chi connectivity index (χ4v) is 2.03. The summed E-state index contributed by atoms with van der Waals surface area (Å²) in [5.74, 6) is 1.71. The molecule has 0 aliphatic carbocycles. The molecule has 0 fully saturated rings. The van der Waals surface area contributed by atoms with Crippen LogP contribution < -0.4 is 0 Å². The van der Waals surface area contributed by atoms with E-state index in [1.807, 2.05) is 18.2 Å². The summed E-state index contributed by atoms with van der Waals surface area (Å²) >= 11 is 0. The van der Waals surface area contributed by atoms with Crippen LogP contribution in [0.25, 0.3) is 0 Å². The molecule has 19 heavy (non-hydrogen) atoms. The van der Waals surface area contributed by atoms with E-state index in [2.05, 4.69) is 28.8 Å². The second-order valence-electron chi connectivity index (χ2n) is 5.00. The quantitative estimate of drug-likeness (QED) is 0.829. The van der Waals surface area contributed by atoms with E-state index in [0.29, 0.717) is 37.5 Å². The summed E-state index contributed by atoms with van der Waals surface area (Å²) in [6.45, 7) is 6.26. The third kappa shape index (κ3) is 2.45. The van der Waals surface area contributed by atoms with Crippen LogP contribution in [0.1, 0.15) is 25.2 Å². The Labute approximate surface area is 112 Å². The van der Waals surface area contributed by atoms with Crippen molar-refractivity contribution in [1.82, 2.24) is 4.98 Å². The molecule has 0 amide bonds. The van der Waals surface area contributed by atoms with Gasteiger partial charge in [0.15, 0.2) is 0 Å². The van der Waals surface area contributed by atoms with E-state index in [1.165, 1.54) is 0 Å². The van der Waals surface area contributed by atoms with Gasteiger partial charge in [0.2, 0.25) is 11.8 Å². The lowest BCUT2D eigenvalue weighted by Gasteiger charge is -2.06. The molecule has 3 heterocycles. The highest BCUT2D eigenvalue weighted by molar-refractivity contribution is 5.97. The number of hydrogen-bond acceptors (Lipinski definition) is 5. The first-order chi connectivity index (χ1) is 9.24. The lowest BCUT2D eigenvalue weighted by molar-refractivity contribution is 0.291. The van der Waals surface area contributed by atoms with E-state index in [0.717, 1.165) is 11.4 Å². The molecule has 0 bridgehead atoms. The lowest BCUT2D eigenvalue weighted by Crippen LogP contribution is -2.13. The van der Waals surface area contributed by atoms with Gasteiger partial charge in [-0.3, -0.25) is 0 Å². The number of nitrogens with zero attached hydrogens (tertiary/aromatic N) is 3. The molecule has 5 heteroatoms. The minimum absolute atomic E-state index is 0.223. The van der Waals surface area contributed by atoms with Crippen molar-refractivity contribution in [1.29, 1.82) is 0 Å². The Morgan fingerprint density at radius 3 is 2.58 bits per heavy atom. The van der Waals surface area contributed by atoms with Gasteiger partial charge < -0.3 is 9.47 Å². The van der Waals surface area contributed by atoms with Gasteiger partial charge >= 0.3 is 0 Å². The molecule has 5 nitrogen and oxygen atoms in total. The summed E-state index contributed by atoms with van der Waals surface area (Å²) in [5.41, 5.74) is 1.49. The van der Waals surface area contributed by atoms with Gasteiger partial charge in [-0.25, -0.2) is 15.0 Å². The van der Waals surface area contributed by atoms with Crippen LogP contribution in [-0.2, 0) is 9.47 Å². The van der Waals surface area contributed by atoms with E-state index in [4.69, 9.17) is 9.47 Å². The monoisotopic (exact) mass is 259 g/mol. The van der Waals surface area contributed by atoms with Gasteiger partial charge in [-0.15, -0.1) is 0 Å². The van der Waals surface area contributed by atoms with Crippen LogP contribution >= 0.6 is 0 Å². The van der Waals surface area contributed by atoms with E-state index < -0.39 is 0 Å². The number of aliphatic imine (C=N–C) groups is 2. The standard InChI is InChI=1S/C14H17N3O2/c1-9(2)12-8-19-14(17-12)11-5-3-4-10(16-11)13-15-6-7-18-13/h3-5,9,12H,6-8H2,1-2H3/t12-/m0/s1. The second kappa shape index (κ2) is 4.99. The molecule has 100 valence electrons. The summed E-state index contributed by atoms with van der Waals surface area (Å²) in [4.78, 5) is 13.4. The van der Waals surface area contributed by atoms with Crippen molar-refractivity contribution in [3.8, 4) is 0 Å². The summed E-state index contributed by atoms with van der Waals surface area (Å²) in [7, 11) is 0. The van der Waals surface area contributed by atoms with Gasteiger partial charge in [-0.1, -0.05) is 19.9 Å². The van der Waals surface area contributed by atoms with Gasteiger partial charge in [0, 0.05) is 0 Å². The zero-order valence-corrected chi connectivity index (χ0v) is 11.2. The Morgan fingerprint density at radius 1 is 1.16 bits per heavy atom. The van der Waals surface area contributed by atoms with Crippen LogP contribution in [0.3, 0.4) is 0 Å². The number of pyridine rings is 1. The fourth-order valence-electron chi connectivity index (χ4n) is 2.03. The SMILES string of the molecule is CC(C)[C@@H]1COC(c2cccc(C3=NCCO3)n2)=N1. The molecule has 1 aromatic rings. The van der Waals surface area contributed by atoms with Crippen LogP contribution in [0.15, 0.2) is 28.2 Å². The highest BCUT2D eigenvalue weighted by Crippen LogP contribution is 2.17. The van der Waals surface area contributed by atoms with E-state index in [9.17, 15) is 0 Å². The molecule has 0 radical (unpaired) electrons. The smallest absolute Gasteiger partial charge is 0.235 e. The average molecular weight is 259 g/mol. The molecule has 0 saturated heterocycles. The Bertz CT molecular complexity index is 537. The maximum atomic E-state index is 5.64. The molecule has 0 spiro atoms. The molecule has 2 aliphatic rings. The average Bonchev–Trinajstić information content (AvgIpc) is 3.10. The number of rotatable bonds is 3. The van der Waals surface area contributed by atoms with Crippen LogP contribution in [0.2, 0.25) is 0 Å². The van der Waals surface area contributed by atoms with Crippen LogP contribution in [0, 0.1) is 5.92 Å². The van der Waals surface area contributed by atoms with Gasteiger partial charge in [0.1, 0.15) is 24.6 Å². The molecule has 1 aromatic heterocycles. The summed E-state index contributed by atoms with van der Waals surface area (Å²) in [6, 6.07) is 5.95. The van der Waals surface area contributed by atoms with Gasteiger partial charge in [-0.2, -0.15) is 0 Å². The van der Waals surface area contributed by atoms with E-state index >= 15 is 0 Å². The van der Waals surface area contributed by atoms with Crippen LogP contribution in [-0.4, -0.2) is 42.6 Å². The predicted molar refractivity (Wildman–Crippen MR) is 72.7 cm³/mol. The maximum absolute atomic E-state index is 5.64.